The van der Waals surface area contributed by atoms with Crippen LogP contribution in [0.2, 0.25) is 0 Å². The van der Waals surface area contributed by atoms with E-state index in [2.05, 4.69) is 25.6 Å². The summed E-state index contributed by atoms with van der Waals surface area (Å²) in [5.74, 6) is -1.28. The van der Waals surface area contributed by atoms with Crippen molar-refractivity contribution in [1.29, 1.82) is 0 Å². The van der Waals surface area contributed by atoms with E-state index < -0.39 is 42.8 Å². The third kappa shape index (κ3) is 5.38. The van der Waals surface area contributed by atoms with Gasteiger partial charge in [0.25, 0.3) is 0 Å². The smallest absolute Gasteiger partial charge is 0.337 e. The first-order chi connectivity index (χ1) is 20.9. The molecule has 0 radical (unpaired) electrons. The third-order valence-electron chi connectivity index (χ3n) is 7.37. The molecule has 0 saturated carbocycles. The van der Waals surface area contributed by atoms with Crippen LogP contribution in [0.1, 0.15) is 41.8 Å². The number of fused-ring (bicyclic) bond motifs is 2. The Kier molecular flexibility index (Phi) is 7.71. The van der Waals surface area contributed by atoms with Crippen molar-refractivity contribution in [2.45, 2.75) is 44.2 Å². The average molecular weight is 588 g/mol. The molecule has 4 unspecified atom stereocenters. The van der Waals surface area contributed by atoms with Crippen LogP contribution in [0, 0.1) is 0 Å². The van der Waals surface area contributed by atoms with E-state index in [0.29, 0.717) is 17.7 Å². The third-order valence-corrected chi connectivity index (χ3v) is 7.37. The van der Waals surface area contributed by atoms with Crippen LogP contribution in [-0.4, -0.2) is 74.4 Å². The fourth-order valence-corrected chi connectivity index (χ4v) is 5.32. The number of hydrogen-bond acceptors (Lipinski definition) is 9. The molecule has 2 aliphatic rings. The number of hydrogen-bond donors (Lipinski definition) is 3. The van der Waals surface area contributed by atoms with Crippen LogP contribution >= 0.6 is 0 Å². The molecule has 2 aliphatic heterocycles. The van der Waals surface area contributed by atoms with Crippen molar-refractivity contribution >= 4 is 40.6 Å². The number of carbonyl (C=O) groups excluding carboxylic acids is 2. The number of urea groups is 1. The number of carboxylic acid groups (broad SMARTS) is 1. The molecule has 4 aromatic rings. The van der Waals surface area contributed by atoms with Crippen LogP contribution in [0.5, 0.6) is 0 Å². The number of aromatic nitrogens is 4. The van der Waals surface area contributed by atoms with Crippen LogP contribution in [0.4, 0.5) is 16.3 Å². The molecule has 5 atom stereocenters. The molecule has 4 heterocycles. The van der Waals surface area contributed by atoms with Gasteiger partial charge in [0.2, 0.25) is 5.91 Å². The van der Waals surface area contributed by atoms with E-state index in [1.54, 1.807) is 29.7 Å². The van der Waals surface area contributed by atoms with E-state index in [4.69, 9.17) is 14.2 Å². The number of amides is 3. The Labute approximate surface area is 245 Å². The van der Waals surface area contributed by atoms with Crippen LogP contribution in [-0.2, 0) is 19.0 Å². The lowest BCUT2D eigenvalue weighted by Crippen LogP contribution is -2.35. The Morgan fingerprint density at radius 1 is 0.977 bits per heavy atom. The number of rotatable bonds is 8. The predicted octanol–water partition coefficient (Wildman–Crippen LogP) is 3.10. The quantitative estimate of drug-likeness (QED) is 0.278. The monoisotopic (exact) mass is 587 g/mol. The van der Waals surface area contributed by atoms with Gasteiger partial charge < -0.3 is 29.5 Å². The van der Waals surface area contributed by atoms with E-state index in [-0.39, 0.29) is 29.4 Å². The zero-order valence-corrected chi connectivity index (χ0v) is 23.3. The Morgan fingerprint density at radius 2 is 1.72 bits per heavy atom. The van der Waals surface area contributed by atoms with Gasteiger partial charge in [-0.2, -0.15) is 0 Å². The van der Waals surface area contributed by atoms with Crippen molar-refractivity contribution in [1.82, 2.24) is 24.8 Å². The molecular weight excluding hydrogens is 558 g/mol. The molecule has 2 saturated heterocycles. The second-order valence-electron chi connectivity index (χ2n) is 10.0. The van der Waals surface area contributed by atoms with Crippen molar-refractivity contribution in [3.63, 3.8) is 0 Å². The van der Waals surface area contributed by atoms with Crippen molar-refractivity contribution in [3.8, 4) is 0 Å². The number of imidazole rings is 1. The zero-order chi connectivity index (χ0) is 30.1. The fourth-order valence-electron chi connectivity index (χ4n) is 5.32. The van der Waals surface area contributed by atoms with E-state index in [1.807, 2.05) is 30.3 Å². The topological polar surface area (TPSA) is 170 Å². The molecular formula is C29H29N7O7. The van der Waals surface area contributed by atoms with Gasteiger partial charge in [-0.1, -0.05) is 42.5 Å². The second kappa shape index (κ2) is 11.8. The number of benzene rings is 2. The van der Waals surface area contributed by atoms with Gasteiger partial charge in [0.15, 0.2) is 29.5 Å². The summed E-state index contributed by atoms with van der Waals surface area (Å²) in [5.41, 5.74) is 1.81. The molecule has 2 fully saturated rings. The summed E-state index contributed by atoms with van der Waals surface area (Å²) in [7, 11) is 1.52. The summed E-state index contributed by atoms with van der Waals surface area (Å²) in [6.07, 6.45) is -0.816. The van der Waals surface area contributed by atoms with Crippen LogP contribution in [0.25, 0.3) is 11.2 Å². The molecule has 0 spiro atoms. The fraction of sp³-hybridized carbons (Fsp3) is 0.310. The van der Waals surface area contributed by atoms with Crippen molar-refractivity contribution in [2.24, 2.45) is 0 Å². The van der Waals surface area contributed by atoms with Crippen molar-refractivity contribution < 1.29 is 33.7 Å². The minimum atomic E-state index is -1.14. The second-order valence-corrected chi connectivity index (χ2v) is 10.0. The highest BCUT2D eigenvalue weighted by Crippen LogP contribution is 2.46. The molecule has 0 bridgehead atoms. The summed E-state index contributed by atoms with van der Waals surface area (Å²) < 4.78 is 20.8. The average Bonchev–Trinajstić information content (AvgIpc) is 3.72. The first-order valence-corrected chi connectivity index (χ1v) is 13.7. The van der Waals surface area contributed by atoms with Gasteiger partial charge in [-0.05, 0) is 19.1 Å². The first-order valence-electron chi connectivity index (χ1n) is 13.7. The molecule has 3 amide bonds. The highest BCUT2D eigenvalue weighted by molar-refractivity contribution is 6.01. The number of nitrogens with one attached hydrogen (secondary N) is 2. The lowest BCUT2D eigenvalue weighted by molar-refractivity contribution is -0.152. The Hall–Kier alpha value is -4.92. The Bertz CT molecular complexity index is 1660. The molecule has 222 valence electrons. The molecule has 14 heteroatoms. The highest BCUT2D eigenvalue weighted by atomic mass is 16.8. The Morgan fingerprint density at radius 3 is 2.49 bits per heavy atom. The van der Waals surface area contributed by atoms with Gasteiger partial charge in [-0.25, -0.2) is 24.5 Å². The maximum Gasteiger partial charge on any atom is 0.337 e. The number of aromatic carboxylic acids is 1. The van der Waals surface area contributed by atoms with E-state index in [9.17, 15) is 19.5 Å². The van der Waals surface area contributed by atoms with Crippen LogP contribution in [0.15, 0.2) is 67.3 Å². The number of para-hydroxylation sites is 1. The van der Waals surface area contributed by atoms with Gasteiger partial charge in [0, 0.05) is 19.2 Å². The maximum absolute atomic E-state index is 13.5. The zero-order valence-electron chi connectivity index (χ0n) is 23.3. The number of nitrogens with zero attached hydrogens (tertiary/aromatic N) is 5. The van der Waals surface area contributed by atoms with E-state index in [1.165, 1.54) is 30.7 Å². The minimum Gasteiger partial charge on any atom is -0.478 e. The SMILES string of the molecule is CCNC(=O)Nc1ncnc2c1ncn2C1OC(CC(=O)N(C)c2ccccc2C(=O)O)C2O[C@H](c3ccccc3)OC21. The molecule has 14 nitrogen and oxygen atoms in total. The molecule has 2 aromatic heterocycles. The minimum absolute atomic E-state index is 0.00707. The van der Waals surface area contributed by atoms with Crippen LogP contribution in [0.3, 0.4) is 0 Å². The largest absolute Gasteiger partial charge is 0.478 e. The molecule has 3 N–H and O–H groups in total. The number of carboxylic acids is 1. The number of anilines is 2. The standard InChI is InChI=1S/C29H29N7O7/c1-3-30-29(40)34-24-21-25(32-14-31-24)36(15-33-21)26-23-22(42-28(43-23)16-9-5-4-6-10-16)19(41-26)13-20(37)35(2)18-12-8-7-11-17(18)27(38)39/h4-12,14-15,19,22-23,26,28H,3,13H2,1-2H3,(H,38,39)(H2,30,31,32,34,40)/t19?,22?,23?,26?,28-/m0/s1. The molecule has 6 rings (SSSR count). The summed E-state index contributed by atoms with van der Waals surface area (Å²) in [5, 5.41) is 14.9. The molecule has 0 aliphatic carbocycles. The lowest BCUT2D eigenvalue weighted by Gasteiger charge is -2.24. The van der Waals surface area contributed by atoms with Crippen LogP contribution < -0.4 is 15.5 Å². The summed E-state index contributed by atoms with van der Waals surface area (Å²) >= 11 is 0. The van der Waals surface area contributed by atoms with Gasteiger partial charge in [-0.3, -0.25) is 14.7 Å². The van der Waals surface area contributed by atoms with Gasteiger partial charge in [-0.15, -0.1) is 0 Å². The number of carbonyl (C=O) groups is 3. The van der Waals surface area contributed by atoms with Gasteiger partial charge in [0.05, 0.1) is 30.1 Å². The van der Waals surface area contributed by atoms with Crippen molar-refractivity contribution in [2.75, 3.05) is 23.8 Å². The van der Waals surface area contributed by atoms with Crippen molar-refractivity contribution in [3.05, 3.63) is 78.4 Å². The molecule has 43 heavy (non-hydrogen) atoms. The van der Waals surface area contributed by atoms with E-state index >= 15 is 0 Å². The van der Waals surface area contributed by atoms with Gasteiger partial charge in [0.1, 0.15) is 18.5 Å². The lowest BCUT2D eigenvalue weighted by atomic mass is 10.1. The van der Waals surface area contributed by atoms with Gasteiger partial charge >= 0.3 is 12.0 Å². The highest BCUT2D eigenvalue weighted by Gasteiger charge is 2.54. The summed E-state index contributed by atoms with van der Waals surface area (Å²) in [4.78, 5) is 51.7. The van der Waals surface area contributed by atoms with E-state index in [0.717, 1.165) is 5.56 Å². The summed E-state index contributed by atoms with van der Waals surface area (Å²) in [6.45, 7) is 2.23. The maximum atomic E-state index is 13.5. The molecule has 2 aromatic carbocycles. The summed E-state index contributed by atoms with van der Waals surface area (Å²) in [6, 6.07) is 15.3. The predicted molar refractivity (Wildman–Crippen MR) is 152 cm³/mol. The first kappa shape index (κ1) is 28.2. The Balaban J connectivity index is 1.30. The number of ether oxygens (including phenoxy) is 3. The normalized spacial score (nSPS) is 22.7.